The summed E-state index contributed by atoms with van der Waals surface area (Å²) in [4.78, 5) is 37.1. The molecule has 1 rings (SSSR count). The van der Waals surface area contributed by atoms with E-state index in [0.29, 0.717) is 17.7 Å². The molecule has 30 heavy (non-hydrogen) atoms. The zero-order valence-electron chi connectivity index (χ0n) is 17.7. The van der Waals surface area contributed by atoms with Gasteiger partial charge in [0.1, 0.15) is 24.3 Å². The zero-order chi connectivity index (χ0) is 22.7. The quantitative estimate of drug-likeness (QED) is 0.312. The Morgan fingerprint density at radius 3 is 2.37 bits per heavy atom. The van der Waals surface area contributed by atoms with Crippen LogP contribution in [0.2, 0.25) is 0 Å². The summed E-state index contributed by atoms with van der Waals surface area (Å²) < 4.78 is 5.62. The molecule has 9 heteroatoms. The van der Waals surface area contributed by atoms with Gasteiger partial charge in [0.2, 0.25) is 11.8 Å². The molecule has 0 aliphatic heterocycles. The zero-order valence-corrected chi connectivity index (χ0v) is 18.4. The fraction of sp³-hybridized carbons (Fsp3) is 0.571. The second-order valence-electron chi connectivity index (χ2n) is 7.50. The van der Waals surface area contributed by atoms with Gasteiger partial charge in [0.05, 0.1) is 13.2 Å². The number of carbonyl (C=O) groups is 3. The number of aliphatic hydroxyl groups is 2. The number of rotatable bonds is 13. The standard InChI is InChI=1S/C21H31ClN2O6/c1-4-17(26)15-5-7-16(8-6-15)30-12-11-24(18(27)13-22)10-9-23-20(29)19(28)21(2,3)14-25/h5-8,19,25,28H,4,9-14H2,1-3H3,(H,23,29)/t19-/m0/s1. The van der Waals surface area contributed by atoms with Gasteiger partial charge in [-0.15, -0.1) is 11.6 Å². The molecule has 0 bridgehead atoms. The van der Waals surface area contributed by atoms with Gasteiger partial charge in [0, 0.05) is 30.5 Å². The number of benzene rings is 1. The lowest BCUT2D eigenvalue weighted by Crippen LogP contribution is -2.48. The van der Waals surface area contributed by atoms with Crippen LogP contribution in [0.5, 0.6) is 5.75 Å². The summed E-state index contributed by atoms with van der Waals surface area (Å²) in [6.07, 6.45) is -0.939. The highest BCUT2D eigenvalue weighted by molar-refractivity contribution is 6.27. The Morgan fingerprint density at radius 1 is 1.20 bits per heavy atom. The molecule has 8 nitrogen and oxygen atoms in total. The number of hydrogen-bond donors (Lipinski definition) is 3. The molecular formula is C21H31ClN2O6. The van der Waals surface area contributed by atoms with Crippen LogP contribution in [0.25, 0.3) is 0 Å². The molecule has 0 aliphatic carbocycles. The van der Waals surface area contributed by atoms with Gasteiger partial charge in [-0.25, -0.2) is 0 Å². The number of Topliss-reactive ketones (excluding diaryl/α,β-unsaturated/α-hetero) is 1. The molecule has 0 saturated carbocycles. The maximum absolute atomic E-state index is 12.0. The first-order valence-corrected chi connectivity index (χ1v) is 10.4. The predicted molar refractivity (Wildman–Crippen MR) is 114 cm³/mol. The fourth-order valence-electron chi connectivity index (χ4n) is 2.51. The second kappa shape index (κ2) is 12.5. The maximum atomic E-state index is 12.0. The average molecular weight is 443 g/mol. The first-order chi connectivity index (χ1) is 14.2. The third-order valence-corrected chi connectivity index (χ3v) is 4.90. The van der Waals surface area contributed by atoms with Gasteiger partial charge < -0.3 is 25.2 Å². The van der Waals surface area contributed by atoms with Crippen molar-refractivity contribution in [3.05, 3.63) is 29.8 Å². The molecule has 1 aromatic carbocycles. The summed E-state index contributed by atoms with van der Waals surface area (Å²) in [5.41, 5.74) is -0.355. The number of ether oxygens (including phenoxy) is 1. The Bertz CT molecular complexity index is 708. The highest BCUT2D eigenvalue weighted by atomic mass is 35.5. The molecule has 168 valence electrons. The molecule has 0 aromatic heterocycles. The van der Waals surface area contributed by atoms with E-state index in [2.05, 4.69) is 5.32 Å². The molecule has 1 atom stereocenters. The van der Waals surface area contributed by atoms with Gasteiger partial charge in [0.25, 0.3) is 0 Å². The number of alkyl halides is 1. The van der Waals surface area contributed by atoms with Crippen molar-refractivity contribution >= 4 is 29.2 Å². The summed E-state index contributed by atoms with van der Waals surface area (Å²) in [5, 5.41) is 21.8. The van der Waals surface area contributed by atoms with Crippen LogP contribution in [0.1, 0.15) is 37.6 Å². The Hall–Kier alpha value is -2.16. The SMILES string of the molecule is CCC(=O)c1ccc(OCCN(CCNC(=O)[C@H](O)C(C)(C)CO)C(=O)CCl)cc1. The number of carbonyl (C=O) groups excluding carboxylic acids is 3. The number of ketones is 1. The van der Waals surface area contributed by atoms with E-state index in [-0.39, 0.29) is 50.4 Å². The van der Waals surface area contributed by atoms with Gasteiger partial charge in [-0.05, 0) is 24.3 Å². The van der Waals surface area contributed by atoms with Crippen LogP contribution < -0.4 is 10.1 Å². The molecule has 0 saturated heterocycles. The predicted octanol–water partition coefficient (Wildman–Crippen LogP) is 1.22. The number of aliphatic hydroxyl groups excluding tert-OH is 2. The van der Waals surface area contributed by atoms with E-state index >= 15 is 0 Å². The van der Waals surface area contributed by atoms with Crippen molar-refractivity contribution in [3.8, 4) is 5.75 Å². The van der Waals surface area contributed by atoms with Crippen LogP contribution >= 0.6 is 11.6 Å². The van der Waals surface area contributed by atoms with Gasteiger partial charge in [0.15, 0.2) is 5.78 Å². The average Bonchev–Trinajstić information content (AvgIpc) is 2.76. The minimum atomic E-state index is -1.37. The molecule has 0 spiro atoms. The normalized spacial score (nSPS) is 12.2. The summed E-state index contributed by atoms with van der Waals surface area (Å²) >= 11 is 5.65. The number of nitrogens with zero attached hydrogens (tertiary/aromatic N) is 1. The molecule has 0 heterocycles. The van der Waals surface area contributed by atoms with Crippen molar-refractivity contribution in [1.29, 1.82) is 0 Å². The number of hydrogen-bond acceptors (Lipinski definition) is 6. The van der Waals surface area contributed by atoms with E-state index in [1.54, 1.807) is 45.0 Å². The molecule has 0 aliphatic rings. The molecular weight excluding hydrogens is 412 g/mol. The lowest BCUT2D eigenvalue weighted by atomic mass is 9.87. The Labute approximate surface area is 182 Å². The summed E-state index contributed by atoms with van der Waals surface area (Å²) in [7, 11) is 0. The van der Waals surface area contributed by atoms with Crippen LogP contribution in [0, 0.1) is 5.41 Å². The van der Waals surface area contributed by atoms with E-state index < -0.39 is 17.4 Å². The third kappa shape index (κ3) is 7.93. The van der Waals surface area contributed by atoms with Crippen molar-refractivity contribution in [3.63, 3.8) is 0 Å². The van der Waals surface area contributed by atoms with Crippen molar-refractivity contribution in [1.82, 2.24) is 10.2 Å². The number of nitrogens with one attached hydrogen (secondary N) is 1. The van der Waals surface area contributed by atoms with Crippen LogP contribution in [-0.4, -0.2) is 77.5 Å². The van der Waals surface area contributed by atoms with E-state index in [9.17, 15) is 24.6 Å². The van der Waals surface area contributed by atoms with Crippen molar-refractivity contribution in [2.75, 3.05) is 38.7 Å². The lowest BCUT2D eigenvalue weighted by Gasteiger charge is -2.28. The highest BCUT2D eigenvalue weighted by Gasteiger charge is 2.32. The van der Waals surface area contributed by atoms with E-state index in [1.165, 1.54) is 4.90 Å². The van der Waals surface area contributed by atoms with Crippen molar-refractivity contribution in [2.24, 2.45) is 5.41 Å². The first kappa shape index (κ1) is 25.9. The summed E-state index contributed by atoms with van der Waals surface area (Å²) in [6, 6.07) is 6.78. The Morgan fingerprint density at radius 2 is 1.83 bits per heavy atom. The number of amides is 2. The molecule has 0 fully saturated rings. The monoisotopic (exact) mass is 442 g/mol. The Balaban J connectivity index is 2.52. The summed E-state index contributed by atoms with van der Waals surface area (Å²) in [6.45, 7) is 5.37. The van der Waals surface area contributed by atoms with Crippen LogP contribution in [0.4, 0.5) is 0 Å². The van der Waals surface area contributed by atoms with Gasteiger partial charge in [-0.1, -0.05) is 20.8 Å². The topological polar surface area (TPSA) is 116 Å². The van der Waals surface area contributed by atoms with Gasteiger partial charge in [-0.3, -0.25) is 14.4 Å². The van der Waals surface area contributed by atoms with Crippen LogP contribution in [0.3, 0.4) is 0 Å². The van der Waals surface area contributed by atoms with Gasteiger partial charge in [-0.2, -0.15) is 0 Å². The summed E-state index contributed by atoms with van der Waals surface area (Å²) in [5.74, 6) is -0.513. The van der Waals surface area contributed by atoms with E-state index in [1.807, 2.05) is 0 Å². The second-order valence-corrected chi connectivity index (χ2v) is 7.77. The van der Waals surface area contributed by atoms with Crippen LogP contribution in [0.15, 0.2) is 24.3 Å². The fourth-order valence-corrected chi connectivity index (χ4v) is 2.68. The largest absolute Gasteiger partial charge is 0.492 e. The minimum Gasteiger partial charge on any atom is -0.492 e. The van der Waals surface area contributed by atoms with Crippen molar-refractivity contribution in [2.45, 2.75) is 33.3 Å². The van der Waals surface area contributed by atoms with Crippen molar-refractivity contribution < 1.29 is 29.3 Å². The molecule has 0 unspecified atom stereocenters. The molecule has 1 aromatic rings. The molecule has 0 radical (unpaired) electrons. The van der Waals surface area contributed by atoms with Crippen LogP contribution in [-0.2, 0) is 9.59 Å². The highest BCUT2D eigenvalue weighted by Crippen LogP contribution is 2.19. The van der Waals surface area contributed by atoms with E-state index in [4.69, 9.17) is 16.3 Å². The van der Waals surface area contributed by atoms with Gasteiger partial charge >= 0.3 is 0 Å². The first-order valence-electron chi connectivity index (χ1n) is 9.82. The smallest absolute Gasteiger partial charge is 0.249 e. The van der Waals surface area contributed by atoms with E-state index in [0.717, 1.165) is 0 Å². The minimum absolute atomic E-state index is 0.0509. The lowest BCUT2D eigenvalue weighted by molar-refractivity contribution is -0.137. The number of halogens is 1. The third-order valence-electron chi connectivity index (χ3n) is 4.67. The maximum Gasteiger partial charge on any atom is 0.249 e. The molecule has 3 N–H and O–H groups in total. The Kier molecular flexibility index (Phi) is 10.8. The molecule has 2 amide bonds.